The number of carbonyl (C=O) groups is 1. The average Bonchev–Trinajstić information content (AvgIpc) is 3.26. The third kappa shape index (κ3) is 4.78. The molecular formula is C20H24N4OS2. The van der Waals surface area contributed by atoms with Gasteiger partial charge in [0.05, 0.1) is 5.75 Å². The highest BCUT2D eigenvalue weighted by Gasteiger charge is 2.16. The van der Waals surface area contributed by atoms with Gasteiger partial charge in [-0.15, -0.1) is 21.5 Å². The molecule has 0 saturated heterocycles. The first-order valence-electron chi connectivity index (χ1n) is 8.99. The second kappa shape index (κ2) is 8.71. The van der Waals surface area contributed by atoms with Gasteiger partial charge in [-0.05, 0) is 43.5 Å². The normalized spacial score (nSPS) is 11.1. The molecule has 0 bridgehead atoms. The fourth-order valence-electron chi connectivity index (χ4n) is 2.72. The molecule has 5 nitrogen and oxygen atoms in total. The van der Waals surface area contributed by atoms with Crippen LogP contribution < -0.4 is 5.32 Å². The molecule has 1 amide bonds. The molecule has 0 aliphatic heterocycles. The molecule has 0 fully saturated rings. The first kappa shape index (κ1) is 19.6. The summed E-state index contributed by atoms with van der Waals surface area (Å²) < 4.78 is 2.07. The van der Waals surface area contributed by atoms with Crippen LogP contribution in [-0.4, -0.2) is 26.4 Å². The SMILES string of the molecule is CCn1c(SCC(=O)Nc2cccc(C)c2)nnc1-c1csc(C(C)C)c1. The average molecular weight is 401 g/mol. The fourth-order valence-corrected chi connectivity index (χ4v) is 4.42. The zero-order valence-electron chi connectivity index (χ0n) is 16.0. The summed E-state index contributed by atoms with van der Waals surface area (Å²) in [5, 5.41) is 14.5. The standard InChI is InChI=1S/C20H24N4OS2/c1-5-24-19(15-10-17(13(2)3)26-11-15)22-23-20(24)27-12-18(25)21-16-8-6-7-14(4)9-16/h6-11,13H,5,12H2,1-4H3,(H,21,25). The minimum atomic E-state index is -0.0459. The number of hydrogen-bond acceptors (Lipinski definition) is 5. The van der Waals surface area contributed by atoms with Crippen LogP contribution >= 0.6 is 23.1 Å². The Balaban J connectivity index is 1.68. The molecule has 27 heavy (non-hydrogen) atoms. The molecule has 0 atom stereocenters. The largest absolute Gasteiger partial charge is 0.325 e. The third-order valence-corrected chi connectivity index (χ3v) is 6.31. The number of nitrogens with one attached hydrogen (secondary N) is 1. The van der Waals surface area contributed by atoms with Gasteiger partial charge in [-0.2, -0.15) is 0 Å². The van der Waals surface area contributed by atoms with Crippen LogP contribution in [0.25, 0.3) is 11.4 Å². The second-order valence-electron chi connectivity index (χ2n) is 6.65. The van der Waals surface area contributed by atoms with Crippen molar-refractivity contribution in [3.63, 3.8) is 0 Å². The monoisotopic (exact) mass is 400 g/mol. The van der Waals surface area contributed by atoms with Gasteiger partial charge in [-0.25, -0.2) is 0 Å². The summed E-state index contributed by atoms with van der Waals surface area (Å²) >= 11 is 3.16. The van der Waals surface area contributed by atoms with Gasteiger partial charge < -0.3 is 9.88 Å². The number of thioether (sulfide) groups is 1. The maximum atomic E-state index is 12.3. The Hall–Kier alpha value is -2.12. The van der Waals surface area contributed by atoms with Gasteiger partial charge in [-0.3, -0.25) is 4.79 Å². The van der Waals surface area contributed by atoms with E-state index in [1.165, 1.54) is 16.6 Å². The van der Waals surface area contributed by atoms with Gasteiger partial charge >= 0.3 is 0 Å². The lowest BCUT2D eigenvalue weighted by Crippen LogP contribution is -2.14. The van der Waals surface area contributed by atoms with Gasteiger partial charge in [0.25, 0.3) is 0 Å². The summed E-state index contributed by atoms with van der Waals surface area (Å²) in [6.45, 7) is 9.21. The minimum Gasteiger partial charge on any atom is -0.325 e. The Kier molecular flexibility index (Phi) is 6.34. The van der Waals surface area contributed by atoms with E-state index in [4.69, 9.17) is 0 Å². The Labute approximate surface area is 168 Å². The number of aryl methyl sites for hydroxylation is 1. The molecule has 1 aromatic carbocycles. The van der Waals surface area contributed by atoms with E-state index in [1.807, 2.05) is 31.2 Å². The third-order valence-electron chi connectivity index (χ3n) is 4.11. The van der Waals surface area contributed by atoms with E-state index in [0.29, 0.717) is 11.7 Å². The highest BCUT2D eigenvalue weighted by Crippen LogP contribution is 2.31. The van der Waals surface area contributed by atoms with E-state index in [1.54, 1.807) is 11.3 Å². The van der Waals surface area contributed by atoms with Gasteiger partial charge in [0.1, 0.15) is 0 Å². The van der Waals surface area contributed by atoms with Crippen molar-refractivity contribution in [2.24, 2.45) is 0 Å². The molecule has 2 heterocycles. The van der Waals surface area contributed by atoms with Crippen LogP contribution in [0.3, 0.4) is 0 Å². The van der Waals surface area contributed by atoms with E-state index in [9.17, 15) is 4.79 Å². The fraction of sp³-hybridized carbons (Fsp3) is 0.350. The molecule has 0 spiro atoms. The van der Waals surface area contributed by atoms with E-state index in [2.05, 4.69) is 52.3 Å². The summed E-state index contributed by atoms with van der Waals surface area (Å²) in [5.41, 5.74) is 3.03. The molecule has 0 unspecified atom stereocenters. The number of amides is 1. The quantitative estimate of drug-likeness (QED) is 0.555. The Morgan fingerprint density at radius 2 is 2.11 bits per heavy atom. The van der Waals surface area contributed by atoms with Crippen LogP contribution in [0.1, 0.15) is 37.1 Å². The maximum Gasteiger partial charge on any atom is 0.234 e. The van der Waals surface area contributed by atoms with Crippen LogP contribution in [0.15, 0.2) is 40.9 Å². The van der Waals surface area contributed by atoms with Gasteiger partial charge in [0, 0.05) is 28.1 Å². The summed E-state index contributed by atoms with van der Waals surface area (Å²) in [6.07, 6.45) is 0. The predicted octanol–water partition coefficient (Wildman–Crippen LogP) is 5.19. The predicted molar refractivity (Wildman–Crippen MR) is 114 cm³/mol. The highest BCUT2D eigenvalue weighted by molar-refractivity contribution is 7.99. The Morgan fingerprint density at radius 1 is 1.30 bits per heavy atom. The number of aromatic nitrogens is 3. The summed E-state index contributed by atoms with van der Waals surface area (Å²) in [6, 6.07) is 9.97. The molecule has 1 N–H and O–H groups in total. The Bertz CT molecular complexity index is 930. The molecule has 0 radical (unpaired) electrons. The number of thiophene rings is 1. The van der Waals surface area contributed by atoms with Crippen molar-refractivity contribution >= 4 is 34.7 Å². The number of anilines is 1. The number of hydrogen-bond donors (Lipinski definition) is 1. The van der Waals surface area contributed by atoms with Crippen molar-refractivity contribution in [3.05, 3.63) is 46.2 Å². The molecule has 2 aromatic heterocycles. The smallest absolute Gasteiger partial charge is 0.234 e. The minimum absolute atomic E-state index is 0.0459. The van der Waals surface area contributed by atoms with Crippen LogP contribution in [0, 0.1) is 6.92 Å². The van der Waals surface area contributed by atoms with Gasteiger partial charge in [0.15, 0.2) is 11.0 Å². The van der Waals surface area contributed by atoms with Crippen LogP contribution in [-0.2, 0) is 11.3 Å². The van der Waals surface area contributed by atoms with Crippen molar-refractivity contribution in [2.45, 2.75) is 45.3 Å². The first-order valence-corrected chi connectivity index (χ1v) is 10.9. The van der Waals surface area contributed by atoms with E-state index in [0.717, 1.165) is 34.3 Å². The molecule has 0 aliphatic rings. The number of carbonyl (C=O) groups excluding carboxylic acids is 1. The lowest BCUT2D eigenvalue weighted by Gasteiger charge is -2.07. The molecule has 0 saturated carbocycles. The number of nitrogens with zero attached hydrogens (tertiary/aromatic N) is 3. The summed E-state index contributed by atoms with van der Waals surface area (Å²) in [7, 11) is 0. The second-order valence-corrected chi connectivity index (χ2v) is 8.53. The van der Waals surface area contributed by atoms with Crippen molar-refractivity contribution in [1.29, 1.82) is 0 Å². The van der Waals surface area contributed by atoms with E-state index >= 15 is 0 Å². The maximum absolute atomic E-state index is 12.3. The van der Waals surface area contributed by atoms with Crippen LogP contribution in [0.5, 0.6) is 0 Å². The lowest BCUT2D eigenvalue weighted by molar-refractivity contribution is -0.113. The van der Waals surface area contributed by atoms with Crippen molar-refractivity contribution in [1.82, 2.24) is 14.8 Å². The molecule has 3 rings (SSSR count). The van der Waals surface area contributed by atoms with Gasteiger partial charge in [-0.1, -0.05) is 37.7 Å². The number of rotatable bonds is 7. The first-order chi connectivity index (χ1) is 13.0. The molecular weight excluding hydrogens is 376 g/mol. The topological polar surface area (TPSA) is 59.8 Å². The summed E-state index contributed by atoms with van der Waals surface area (Å²) in [4.78, 5) is 13.6. The number of benzene rings is 1. The zero-order chi connectivity index (χ0) is 19.4. The van der Waals surface area contributed by atoms with Gasteiger partial charge in [0.2, 0.25) is 5.91 Å². The van der Waals surface area contributed by atoms with Crippen LogP contribution in [0.4, 0.5) is 5.69 Å². The lowest BCUT2D eigenvalue weighted by atomic mass is 10.1. The molecule has 3 aromatic rings. The molecule has 0 aliphatic carbocycles. The zero-order valence-corrected chi connectivity index (χ0v) is 17.7. The van der Waals surface area contributed by atoms with Crippen molar-refractivity contribution in [3.8, 4) is 11.4 Å². The highest BCUT2D eigenvalue weighted by atomic mass is 32.2. The van der Waals surface area contributed by atoms with E-state index < -0.39 is 0 Å². The van der Waals surface area contributed by atoms with Crippen molar-refractivity contribution < 1.29 is 4.79 Å². The van der Waals surface area contributed by atoms with Crippen molar-refractivity contribution in [2.75, 3.05) is 11.1 Å². The van der Waals surface area contributed by atoms with Crippen LogP contribution in [0.2, 0.25) is 0 Å². The molecule has 142 valence electrons. The van der Waals surface area contributed by atoms with E-state index in [-0.39, 0.29) is 5.91 Å². The Morgan fingerprint density at radius 3 is 2.78 bits per heavy atom. The molecule has 7 heteroatoms. The summed E-state index contributed by atoms with van der Waals surface area (Å²) in [5.74, 6) is 1.62.